The maximum atomic E-state index is 13.0. The second-order valence-electron chi connectivity index (χ2n) is 4.75. The number of halogens is 1. The Hall–Kier alpha value is -1.99. The average molecular weight is 296 g/mol. The van der Waals surface area contributed by atoms with E-state index in [2.05, 4.69) is 5.32 Å². The van der Waals surface area contributed by atoms with E-state index in [0.717, 1.165) is 0 Å². The smallest absolute Gasteiger partial charge is 0.251 e. The maximum absolute atomic E-state index is 13.0. The van der Waals surface area contributed by atoms with E-state index < -0.39 is 23.9 Å². The first-order valence-corrected chi connectivity index (χ1v) is 6.56. The summed E-state index contributed by atoms with van der Waals surface area (Å²) in [4.78, 5) is 25.3. The lowest BCUT2D eigenvalue weighted by molar-refractivity contribution is -0.162. The molecule has 1 saturated heterocycles. The fraction of sp³-hybridized carbons (Fsp3) is 0.429. The monoisotopic (exact) mass is 296 g/mol. The van der Waals surface area contributed by atoms with Crippen molar-refractivity contribution in [3.8, 4) is 0 Å². The minimum Gasteiger partial charge on any atom is -0.395 e. The summed E-state index contributed by atoms with van der Waals surface area (Å²) in [6.45, 7) is -0.271. The van der Waals surface area contributed by atoms with Crippen LogP contribution in [0, 0.1) is 5.82 Å². The number of nitrogens with one attached hydrogen (secondary N) is 1. The van der Waals surface area contributed by atoms with E-state index in [4.69, 9.17) is 9.84 Å². The highest BCUT2D eigenvalue weighted by molar-refractivity contribution is 5.86. The number of morpholine rings is 1. The molecule has 0 unspecified atom stereocenters. The van der Waals surface area contributed by atoms with Crippen molar-refractivity contribution in [2.45, 2.75) is 12.1 Å². The fourth-order valence-corrected chi connectivity index (χ4v) is 2.27. The number of benzene rings is 1. The molecule has 21 heavy (non-hydrogen) atoms. The fourth-order valence-electron chi connectivity index (χ4n) is 2.27. The highest BCUT2D eigenvalue weighted by Crippen LogP contribution is 2.29. The van der Waals surface area contributed by atoms with E-state index in [1.165, 1.54) is 29.2 Å². The van der Waals surface area contributed by atoms with Crippen molar-refractivity contribution in [2.75, 3.05) is 26.8 Å². The van der Waals surface area contributed by atoms with Gasteiger partial charge in [-0.2, -0.15) is 0 Å². The minimum absolute atomic E-state index is 0.104. The van der Waals surface area contributed by atoms with Gasteiger partial charge in [-0.25, -0.2) is 4.39 Å². The Kier molecular flexibility index (Phi) is 4.87. The van der Waals surface area contributed by atoms with Crippen molar-refractivity contribution >= 4 is 11.8 Å². The van der Waals surface area contributed by atoms with Gasteiger partial charge in [-0.05, 0) is 17.7 Å². The summed E-state index contributed by atoms with van der Waals surface area (Å²) in [6, 6.07) is 4.94. The Labute approximate surface area is 121 Å². The molecule has 1 aromatic carbocycles. The topological polar surface area (TPSA) is 78.9 Å². The van der Waals surface area contributed by atoms with Gasteiger partial charge in [0, 0.05) is 13.6 Å². The number of carbonyl (C=O) groups is 2. The number of hydrogen-bond donors (Lipinski definition) is 2. The van der Waals surface area contributed by atoms with Crippen LogP contribution in [0.25, 0.3) is 0 Å². The highest BCUT2D eigenvalue weighted by atomic mass is 19.1. The third-order valence-corrected chi connectivity index (χ3v) is 3.36. The number of aliphatic hydroxyl groups is 1. The molecule has 1 aliphatic heterocycles. The minimum atomic E-state index is -0.898. The van der Waals surface area contributed by atoms with E-state index in [-0.39, 0.29) is 25.7 Å². The number of aliphatic hydroxyl groups excluding tert-OH is 1. The molecule has 1 fully saturated rings. The molecule has 7 heteroatoms. The highest BCUT2D eigenvalue weighted by Gasteiger charge is 2.39. The average Bonchev–Trinajstić information content (AvgIpc) is 2.48. The Morgan fingerprint density at radius 3 is 2.76 bits per heavy atom. The molecule has 0 aliphatic carbocycles. The van der Waals surface area contributed by atoms with Crippen molar-refractivity contribution in [3.63, 3.8) is 0 Å². The molecule has 2 amide bonds. The molecule has 0 radical (unpaired) electrons. The molecule has 6 nitrogen and oxygen atoms in total. The number of rotatable bonds is 4. The summed E-state index contributed by atoms with van der Waals surface area (Å²) < 4.78 is 18.4. The zero-order valence-corrected chi connectivity index (χ0v) is 11.6. The van der Waals surface area contributed by atoms with Crippen LogP contribution in [0.5, 0.6) is 0 Å². The Bertz CT molecular complexity index is 520. The van der Waals surface area contributed by atoms with Gasteiger partial charge in [0.15, 0.2) is 6.10 Å². The van der Waals surface area contributed by atoms with Crippen molar-refractivity contribution < 1.29 is 23.8 Å². The SMILES string of the molecule is CN1C(=O)CO[C@@H](C(=O)NCCO)[C@H]1c1ccc(F)cc1. The second kappa shape index (κ2) is 6.64. The number of amides is 2. The Morgan fingerprint density at radius 1 is 1.48 bits per heavy atom. The predicted molar refractivity (Wildman–Crippen MR) is 71.7 cm³/mol. The molecule has 2 rings (SSSR count). The number of nitrogens with zero attached hydrogens (tertiary/aromatic N) is 1. The van der Waals surface area contributed by atoms with Crippen molar-refractivity contribution in [1.82, 2.24) is 10.2 Å². The third-order valence-electron chi connectivity index (χ3n) is 3.36. The number of likely N-dealkylation sites (N-methyl/N-ethyl adjacent to an activating group) is 1. The van der Waals surface area contributed by atoms with Gasteiger partial charge in [0.2, 0.25) is 5.91 Å². The van der Waals surface area contributed by atoms with Crippen molar-refractivity contribution in [1.29, 1.82) is 0 Å². The quantitative estimate of drug-likeness (QED) is 0.809. The summed E-state index contributed by atoms with van der Waals surface area (Å²) in [5, 5.41) is 11.3. The van der Waals surface area contributed by atoms with Crippen LogP contribution in [-0.4, -0.2) is 54.7 Å². The lowest BCUT2D eigenvalue weighted by Gasteiger charge is -2.38. The first-order chi connectivity index (χ1) is 10.0. The van der Waals surface area contributed by atoms with Crippen LogP contribution in [-0.2, 0) is 14.3 Å². The maximum Gasteiger partial charge on any atom is 0.251 e. The Balaban J connectivity index is 2.26. The molecule has 114 valence electrons. The van der Waals surface area contributed by atoms with Gasteiger partial charge in [-0.15, -0.1) is 0 Å². The number of hydrogen-bond acceptors (Lipinski definition) is 4. The molecule has 0 aromatic heterocycles. The van der Waals surface area contributed by atoms with E-state index in [0.29, 0.717) is 5.56 Å². The van der Waals surface area contributed by atoms with Crippen LogP contribution in [0.2, 0.25) is 0 Å². The van der Waals surface area contributed by atoms with Gasteiger partial charge in [-0.1, -0.05) is 12.1 Å². The van der Waals surface area contributed by atoms with Gasteiger partial charge in [0.25, 0.3) is 5.91 Å². The van der Waals surface area contributed by atoms with Crippen molar-refractivity contribution in [2.24, 2.45) is 0 Å². The normalized spacial score (nSPS) is 22.2. The molecule has 2 N–H and O–H groups in total. The van der Waals surface area contributed by atoms with Crippen LogP contribution in [0.3, 0.4) is 0 Å². The van der Waals surface area contributed by atoms with E-state index in [9.17, 15) is 14.0 Å². The molecule has 1 heterocycles. The standard InChI is InChI=1S/C14H17FN2O4/c1-17-11(19)8-21-13(14(20)16-6-7-18)12(17)9-2-4-10(15)5-3-9/h2-5,12-13,18H,6-8H2,1H3,(H,16,20)/t12-,13-/m1/s1. The molecule has 1 aromatic rings. The van der Waals surface area contributed by atoms with Gasteiger partial charge in [-0.3, -0.25) is 9.59 Å². The number of ether oxygens (including phenoxy) is 1. The third kappa shape index (κ3) is 3.37. The van der Waals surface area contributed by atoms with Gasteiger partial charge < -0.3 is 20.1 Å². The molecule has 0 bridgehead atoms. The lowest BCUT2D eigenvalue weighted by atomic mass is 9.97. The largest absolute Gasteiger partial charge is 0.395 e. The predicted octanol–water partition coefficient (Wildman–Crippen LogP) is -0.167. The molecular formula is C14H17FN2O4. The zero-order valence-electron chi connectivity index (χ0n) is 11.6. The summed E-state index contributed by atoms with van der Waals surface area (Å²) in [5.41, 5.74) is 0.607. The van der Waals surface area contributed by atoms with E-state index >= 15 is 0 Å². The molecule has 0 spiro atoms. The molecule has 1 aliphatic rings. The second-order valence-corrected chi connectivity index (χ2v) is 4.75. The summed E-state index contributed by atoms with van der Waals surface area (Å²) in [6.07, 6.45) is -0.898. The summed E-state index contributed by atoms with van der Waals surface area (Å²) in [7, 11) is 1.57. The number of carbonyl (C=O) groups excluding carboxylic acids is 2. The van der Waals surface area contributed by atoms with Crippen LogP contribution in [0.4, 0.5) is 4.39 Å². The lowest BCUT2D eigenvalue weighted by Crippen LogP contribution is -2.53. The van der Waals surface area contributed by atoms with Gasteiger partial charge in [0.05, 0.1) is 12.6 Å². The molecule has 0 saturated carbocycles. The first-order valence-electron chi connectivity index (χ1n) is 6.56. The van der Waals surface area contributed by atoms with Crippen LogP contribution in [0.1, 0.15) is 11.6 Å². The van der Waals surface area contributed by atoms with Crippen LogP contribution < -0.4 is 5.32 Å². The van der Waals surface area contributed by atoms with Crippen LogP contribution in [0.15, 0.2) is 24.3 Å². The van der Waals surface area contributed by atoms with E-state index in [1.807, 2.05) is 0 Å². The van der Waals surface area contributed by atoms with E-state index in [1.54, 1.807) is 7.05 Å². The first kappa shape index (κ1) is 15.4. The molecule has 2 atom stereocenters. The van der Waals surface area contributed by atoms with Gasteiger partial charge in [0.1, 0.15) is 12.4 Å². The summed E-state index contributed by atoms with van der Waals surface area (Å²) >= 11 is 0. The van der Waals surface area contributed by atoms with Crippen LogP contribution >= 0.6 is 0 Å². The zero-order chi connectivity index (χ0) is 15.4. The Morgan fingerprint density at radius 2 is 2.14 bits per heavy atom. The summed E-state index contributed by atoms with van der Waals surface area (Å²) in [5.74, 6) is -1.07. The van der Waals surface area contributed by atoms with Crippen molar-refractivity contribution in [3.05, 3.63) is 35.6 Å². The van der Waals surface area contributed by atoms with Gasteiger partial charge >= 0.3 is 0 Å². The molecular weight excluding hydrogens is 279 g/mol.